The monoisotopic (exact) mass is 359 g/mol. The first-order valence-corrected chi connectivity index (χ1v) is 8.05. The van der Waals surface area contributed by atoms with Crippen molar-refractivity contribution in [3.63, 3.8) is 0 Å². The van der Waals surface area contributed by atoms with Gasteiger partial charge in [0.05, 0.1) is 0 Å². The molecule has 0 saturated heterocycles. The Kier molecular flexibility index (Phi) is 3.69. The van der Waals surface area contributed by atoms with Crippen molar-refractivity contribution in [1.29, 1.82) is 0 Å². The highest BCUT2D eigenvalue weighted by Crippen LogP contribution is 2.26. The number of aromatic nitrogens is 4. The molecule has 2 heterocycles. The van der Waals surface area contributed by atoms with Crippen LogP contribution in [-0.2, 0) is 15.6 Å². The molecular formula is C11H14BrN5O2S. The Morgan fingerprint density at radius 1 is 1.25 bits per heavy atom. The molecule has 20 heavy (non-hydrogen) atoms. The smallest absolute Gasteiger partial charge is 0.273 e. The molecule has 0 spiro atoms. The van der Waals surface area contributed by atoms with Crippen molar-refractivity contribution in [2.45, 2.75) is 31.5 Å². The Hall–Kier alpha value is -1.32. The molecule has 2 aromatic heterocycles. The molecule has 0 aliphatic heterocycles. The summed E-state index contributed by atoms with van der Waals surface area (Å²) in [5.74, 6) is 0.356. The molecule has 0 aliphatic carbocycles. The normalized spacial score (nSPS) is 12.7. The van der Waals surface area contributed by atoms with Crippen LogP contribution in [0.2, 0.25) is 0 Å². The fourth-order valence-corrected chi connectivity index (χ4v) is 2.74. The highest BCUT2D eigenvalue weighted by Gasteiger charge is 2.29. The topological polar surface area (TPSA) is 104 Å². The molecule has 108 valence electrons. The molecule has 0 aromatic carbocycles. The van der Waals surface area contributed by atoms with E-state index in [-0.39, 0.29) is 5.16 Å². The Labute approximate surface area is 125 Å². The van der Waals surface area contributed by atoms with Crippen LogP contribution in [0.15, 0.2) is 28.0 Å². The highest BCUT2D eigenvalue weighted by molar-refractivity contribution is 9.10. The van der Waals surface area contributed by atoms with Crippen LogP contribution >= 0.6 is 15.9 Å². The molecule has 2 N–H and O–H groups in total. The van der Waals surface area contributed by atoms with Gasteiger partial charge in [-0.05, 0) is 48.8 Å². The zero-order valence-corrected chi connectivity index (χ0v) is 13.6. The second-order valence-electron chi connectivity index (χ2n) is 5.22. The maximum Gasteiger partial charge on any atom is 0.273 e. The van der Waals surface area contributed by atoms with Crippen molar-refractivity contribution in [3.8, 4) is 11.5 Å². The molecule has 7 nitrogen and oxygen atoms in total. The second kappa shape index (κ2) is 4.90. The summed E-state index contributed by atoms with van der Waals surface area (Å²) in [6.07, 6.45) is 1.60. The largest absolute Gasteiger partial charge is 0.290 e. The highest BCUT2D eigenvalue weighted by atomic mass is 79.9. The molecule has 0 saturated carbocycles. The predicted molar refractivity (Wildman–Crippen MR) is 77.3 cm³/mol. The average molecular weight is 360 g/mol. The first kappa shape index (κ1) is 15.1. The number of hydrogen-bond acceptors (Lipinski definition) is 5. The number of nitrogens with two attached hydrogens (primary N) is 1. The molecular weight excluding hydrogens is 346 g/mol. The Morgan fingerprint density at radius 3 is 2.35 bits per heavy atom. The molecule has 0 atom stereocenters. The number of hydrogen-bond donors (Lipinski definition) is 1. The van der Waals surface area contributed by atoms with E-state index in [0.717, 1.165) is 4.47 Å². The fraction of sp³-hybridized carbons (Fsp3) is 0.364. The third-order valence-corrected chi connectivity index (χ3v) is 3.76. The van der Waals surface area contributed by atoms with Crippen molar-refractivity contribution in [2.24, 2.45) is 5.14 Å². The van der Waals surface area contributed by atoms with Crippen LogP contribution < -0.4 is 5.14 Å². The van der Waals surface area contributed by atoms with Crippen LogP contribution in [0.3, 0.4) is 0 Å². The van der Waals surface area contributed by atoms with E-state index in [2.05, 4.69) is 31.1 Å². The minimum Gasteiger partial charge on any atom is -0.290 e. The van der Waals surface area contributed by atoms with Gasteiger partial charge in [0.2, 0.25) is 0 Å². The Bertz CT molecular complexity index is 731. The van der Waals surface area contributed by atoms with Crippen molar-refractivity contribution in [2.75, 3.05) is 0 Å². The van der Waals surface area contributed by atoms with E-state index in [9.17, 15) is 8.42 Å². The number of primary sulfonamides is 1. The number of rotatable bonds is 2. The van der Waals surface area contributed by atoms with Gasteiger partial charge in [0.25, 0.3) is 15.2 Å². The van der Waals surface area contributed by atoms with Gasteiger partial charge in [-0.1, -0.05) is 0 Å². The Morgan fingerprint density at radius 2 is 1.90 bits per heavy atom. The van der Waals surface area contributed by atoms with E-state index in [1.54, 1.807) is 18.3 Å². The summed E-state index contributed by atoms with van der Waals surface area (Å²) in [5, 5.41) is 12.5. The fourth-order valence-electron chi connectivity index (χ4n) is 1.73. The van der Waals surface area contributed by atoms with Crippen LogP contribution in [0.25, 0.3) is 11.5 Å². The first-order chi connectivity index (χ1) is 9.10. The van der Waals surface area contributed by atoms with Gasteiger partial charge >= 0.3 is 0 Å². The van der Waals surface area contributed by atoms with E-state index >= 15 is 0 Å². The van der Waals surface area contributed by atoms with Crippen LogP contribution in [0.1, 0.15) is 20.8 Å². The average Bonchev–Trinajstić information content (AvgIpc) is 2.73. The summed E-state index contributed by atoms with van der Waals surface area (Å²) < 4.78 is 25.5. The SMILES string of the molecule is CC(C)(C)n1c(-c2ccc(Br)cn2)nnc1S(N)(=O)=O. The van der Waals surface area contributed by atoms with Crippen LogP contribution in [0, 0.1) is 0 Å². The molecule has 0 bridgehead atoms. The quantitative estimate of drug-likeness (QED) is 0.874. The zero-order chi connectivity index (χ0) is 15.1. The van der Waals surface area contributed by atoms with Crippen LogP contribution in [0.4, 0.5) is 0 Å². The number of pyridine rings is 1. The standard InChI is InChI=1S/C11H14BrN5O2S/c1-11(2,3)17-9(8-5-4-7(12)6-14-8)15-16-10(17)20(13,18)19/h4-6H,1-3H3,(H2,13,18,19). The van der Waals surface area contributed by atoms with Gasteiger partial charge in [0.15, 0.2) is 5.82 Å². The zero-order valence-electron chi connectivity index (χ0n) is 11.2. The summed E-state index contributed by atoms with van der Waals surface area (Å²) in [7, 11) is -3.96. The van der Waals surface area contributed by atoms with Crippen LogP contribution in [-0.4, -0.2) is 28.2 Å². The van der Waals surface area contributed by atoms with E-state index in [1.165, 1.54) is 4.57 Å². The summed E-state index contributed by atoms with van der Waals surface area (Å²) in [6, 6.07) is 3.52. The molecule has 0 amide bonds. The van der Waals surface area contributed by atoms with Gasteiger partial charge in [-0.3, -0.25) is 9.55 Å². The lowest BCUT2D eigenvalue weighted by atomic mass is 10.1. The first-order valence-electron chi connectivity index (χ1n) is 5.71. The predicted octanol–water partition coefficient (Wildman–Crippen LogP) is 1.50. The van der Waals surface area contributed by atoms with Crippen molar-refractivity contribution in [1.82, 2.24) is 19.7 Å². The molecule has 2 aromatic rings. The van der Waals surface area contributed by atoms with Crippen LogP contribution in [0.5, 0.6) is 0 Å². The van der Waals surface area contributed by atoms with Gasteiger partial charge in [-0.2, -0.15) is 0 Å². The Balaban J connectivity index is 2.72. The third kappa shape index (κ3) is 2.89. The van der Waals surface area contributed by atoms with Gasteiger partial charge in [-0.15, -0.1) is 10.2 Å². The minimum atomic E-state index is -3.96. The maximum atomic E-state index is 11.6. The lowest BCUT2D eigenvalue weighted by Gasteiger charge is -2.23. The van der Waals surface area contributed by atoms with Gasteiger partial charge in [0, 0.05) is 16.2 Å². The maximum absolute atomic E-state index is 11.6. The number of halogens is 1. The molecule has 0 radical (unpaired) electrons. The van der Waals surface area contributed by atoms with Gasteiger partial charge in [-0.25, -0.2) is 13.6 Å². The molecule has 0 fully saturated rings. The van der Waals surface area contributed by atoms with E-state index < -0.39 is 15.6 Å². The lowest BCUT2D eigenvalue weighted by molar-refractivity contribution is 0.365. The summed E-state index contributed by atoms with van der Waals surface area (Å²) in [5.41, 5.74) is -0.0412. The second-order valence-corrected chi connectivity index (χ2v) is 7.59. The molecule has 2 rings (SSSR count). The van der Waals surface area contributed by atoms with E-state index in [1.807, 2.05) is 20.8 Å². The third-order valence-electron chi connectivity index (χ3n) is 2.52. The van der Waals surface area contributed by atoms with Crippen molar-refractivity contribution < 1.29 is 8.42 Å². The summed E-state index contributed by atoms with van der Waals surface area (Å²) in [4.78, 5) is 4.21. The van der Waals surface area contributed by atoms with Gasteiger partial charge in [0.1, 0.15) is 5.69 Å². The summed E-state index contributed by atoms with van der Waals surface area (Å²) >= 11 is 3.29. The lowest BCUT2D eigenvalue weighted by Crippen LogP contribution is -2.29. The summed E-state index contributed by atoms with van der Waals surface area (Å²) in [6.45, 7) is 5.52. The molecule has 9 heteroatoms. The van der Waals surface area contributed by atoms with Crippen molar-refractivity contribution >= 4 is 26.0 Å². The molecule has 0 unspecified atom stereocenters. The number of nitrogens with zero attached hydrogens (tertiary/aromatic N) is 4. The minimum absolute atomic E-state index is 0.273. The van der Waals surface area contributed by atoms with Crippen molar-refractivity contribution in [3.05, 3.63) is 22.8 Å². The molecule has 0 aliphatic rings. The van der Waals surface area contributed by atoms with Gasteiger partial charge < -0.3 is 0 Å². The number of sulfonamides is 1. The van der Waals surface area contributed by atoms with E-state index in [4.69, 9.17) is 5.14 Å². The van der Waals surface area contributed by atoms with E-state index in [0.29, 0.717) is 11.5 Å².